The molecule has 204 valence electrons. The standard InChI is InChI=1S/C33H44N2O3/c1-4-21-35(3)22-20-33(28-15-11-16-31(23-28)38-26(2)36)24-30(19-18-29(33)25-35)34-32(37)17-10-6-9-14-27-12-7-5-8-13-27/h4-5,7-8,11-13,15-16,23,29-30H,1,6,9-10,14,17-22,24-25H2,2-3H3/p+1/t29?,30-,33+,35+/m1/s1. The van der Waals surface area contributed by atoms with Crippen LogP contribution in [0.2, 0.25) is 0 Å². The van der Waals surface area contributed by atoms with Crippen molar-refractivity contribution in [1.29, 1.82) is 0 Å². The molecule has 4 atom stereocenters. The molecule has 1 unspecified atom stereocenters. The number of rotatable bonds is 11. The number of piperidine rings is 1. The number of hydrogen-bond acceptors (Lipinski definition) is 3. The second-order valence-electron chi connectivity index (χ2n) is 11.8. The summed E-state index contributed by atoms with van der Waals surface area (Å²) in [6, 6.07) is 18.9. The van der Waals surface area contributed by atoms with E-state index in [4.69, 9.17) is 4.74 Å². The molecule has 2 fully saturated rings. The molecule has 5 heteroatoms. The Labute approximate surface area is 228 Å². The Morgan fingerprint density at radius 2 is 1.92 bits per heavy atom. The summed E-state index contributed by atoms with van der Waals surface area (Å²) in [5.74, 6) is 1.01. The summed E-state index contributed by atoms with van der Waals surface area (Å²) in [4.78, 5) is 24.6. The van der Waals surface area contributed by atoms with Crippen LogP contribution in [-0.4, -0.2) is 49.1 Å². The van der Waals surface area contributed by atoms with E-state index in [1.165, 1.54) is 18.1 Å². The van der Waals surface area contributed by atoms with E-state index in [0.717, 1.165) is 75.5 Å². The highest BCUT2D eigenvalue weighted by Gasteiger charge is 2.52. The van der Waals surface area contributed by atoms with Crippen LogP contribution in [0.1, 0.15) is 69.4 Å². The van der Waals surface area contributed by atoms with Gasteiger partial charge in [0.15, 0.2) is 0 Å². The normalized spacial score (nSPS) is 26.7. The molecule has 1 saturated carbocycles. The number of carbonyl (C=O) groups excluding carboxylic acids is 2. The number of nitrogens with zero attached hydrogens (tertiary/aromatic N) is 1. The summed E-state index contributed by atoms with van der Waals surface area (Å²) in [5.41, 5.74) is 2.58. The maximum atomic E-state index is 12.9. The van der Waals surface area contributed by atoms with Crippen LogP contribution in [0.25, 0.3) is 0 Å². The molecule has 1 aliphatic carbocycles. The van der Waals surface area contributed by atoms with E-state index in [9.17, 15) is 9.59 Å². The Hall–Kier alpha value is -2.92. The number of esters is 1. The number of ether oxygens (including phenoxy) is 1. The second kappa shape index (κ2) is 12.8. The summed E-state index contributed by atoms with van der Waals surface area (Å²) in [7, 11) is 2.34. The van der Waals surface area contributed by atoms with Gasteiger partial charge in [0.05, 0.1) is 26.7 Å². The molecule has 1 N–H and O–H groups in total. The van der Waals surface area contributed by atoms with E-state index < -0.39 is 0 Å². The monoisotopic (exact) mass is 517 g/mol. The number of likely N-dealkylation sites (tertiary alicyclic amines) is 1. The highest BCUT2D eigenvalue weighted by molar-refractivity contribution is 5.76. The van der Waals surface area contributed by atoms with Crippen LogP contribution in [0, 0.1) is 5.92 Å². The lowest BCUT2D eigenvalue weighted by atomic mass is 9.57. The lowest BCUT2D eigenvalue weighted by Crippen LogP contribution is -2.62. The molecule has 5 nitrogen and oxygen atoms in total. The van der Waals surface area contributed by atoms with Gasteiger partial charge in [-0.15, -0.1) is 0 Å². The van der Waals surface area contributed by atoms with Crippen LogP contribution in [0.4, 0.5) is 0 Å². The summed E-state index contributed by atoms with van der Waals surface area (Å²) in [6.07, 6.45) is 10.9. The molecule has 2 aromatic carbocycles. The van der Waals surface area contributed by atoms with Crippen LogP contribution < -0.4 is 10.1 Å². The largest absolute Gasteiger partial charge is 0.427 e. The molecule has 1 saturated heterocycles. The molecule has 0 bridgehead atoms. The Morgan fingerprint density at radius 3 is 2.68 bits per heavy atom. The molecule has 0 aromatic heterocycles. The van der Waals surface area contributed by atoms with Crippen molar-refractivity contribution in [1.82, 2.24) is 5.32 Å². The molecule has 4 rings (SSSR count). The smallest absolute Gasteiger partial charge is 0.308 e. The molecule has 1 aliphatic heterocycles. The van der Waals surface area contributed by atoms with Gasteiger partial charge >= 0.3 is 5.97 Å². The maximum absolute atomic E-state index is 12.9. The van der Waals surface area contributed by atoms with E-state index in [1.807, 2.05) is 18.2 Å². The van der Waals surface area contributed by atoms with Gasteiger partial charge in [-0.2, -0.15) is 0 Å². The number of hydrogen-bond donors (Lipinski definition) is 1. The van der Waals surface area contributed by atoms with Crippen molar-refractivity contribution in [2.24, 2.45) is 5.92 Å². The number of fused-ring (bicyclic) bond motifs is 1. The first-order valence-corrected chi connectivity index (χ1v) is 14.4. The lowest BCUT2D eigenvalue weighted by molar-refractivity contribution is -0.914. The van der Waals surface area contributed by atoms with E-state index in [1.54, 1.807) is 0 Å². The number of aryl methyl sites for hydroxylation is 1. The average molecular weight is 518 g/mol. The first kappa shape index (κ1) is 28.1. The maximum Gasteiger partial charge on any atom is 0.308 e. The molecule has 0 spiro atoms. The SMILES string of the molecule is C=CC[N@@+]1(C)CC[C@@]2(c3cccc(OC(C)=O)c3)C[C@H](NC(=O)CCCCCc3ccccc3)CCC2C1. The number of likely N-dealkylation sites (N-methyl/N-ethyl adjacent to an activating group) is 1. The summed E-state index contributed by atoms with van der Waals surface area (Å²) < 4.78 is 6.47. The van der Waals surface area contributed by atoms with Gasteiger partial charge in [0, 0.05) is 37.1 Å². The van der Waals surface area contributed by atoms with Crippen LogP contribution in [0.15, 0.2) is 67.3 Å². The third-order valence-corrected chi connectivity index (χ3v) is 8.83. The number of benzene rings is 2. The number of carbonyl (C=O) groups is 2. The Kier molecular flexibility index (Phi) is 9.43. The topological polar surface area (TPSA) is 55.4 Å². The predicted molar refractivity (Wildman–Crippen MR) is 153 cm³/mol. The van der Waals surface area contributed by atoms with Crippen LogP contribution in [-0.2, 0) is 21.4 Å². The zero-order chi connectivity index (χ0) is 27.0. The molecular formula is C33H45N2O3+. The van der Waals surface area contributed by atoms with Crippen LogP contribution >= 0.6 is 0 Å². The second-order valence-corrected chi connectivity index (χ2v) is 11.8. The molecule has 2 aliphatic rings. The quantitative estimate of drug-likeness (QED) is 0.131. The number of unbranched alkanes of at least 4 members (excludes halogenated alkanes) is 2. The third kappa shape index (κ3) is 7.13. The Balaban J connectivity index is 1.39. The van der Waals surface area contributed by atoms with E-state index >= 15 is 0 Å². The van der Waals surface area contributed by atoms with Crippen LogP contribution in [0.3, 0.4) is 0 Å². The van der Waals surface area contributed by atoms with E-state index in [-0.39, 0.29) is 23.3 Å². The van der Waals surface area contributed by atoms with E-state index in [0.29, 0.717) is 18.1 Å². The number of amides is 1. The van der Waals surface area contributed by atoms with Gasteiger partial charge in [-0.1, -0.05) is 55.5 Å². The first-order valence-electron chi connectivity index (χ1n) is 14.4. The zero-order valence-electron chi connectivity index (χ0n) is 23.3. The van der Waals surface area contributed by atoms with Crippen molar-refractivity contribution in [3.05, 3.63) is 78.4 Å². The third-order valence-electron chi connectivity index (χ3n) is 8.83. The van der Waals surface area contributed by atoms with Crippen molar-refractivity contribution in [3.8, 4) is 5.75 Å². The van der Waals surface area contributed by atoms with E-state index in [2.05, 4.69) is 61.4 Å². The minimum absolute atomic E-state index is 0.0268. The van der Waals surface area contributed by atoms with Gasteiger partial charge in [-0.25, -0.2) is 0 Å². The van der Waals surface area contributed by atoms with Crippen LogP contribution in [0.5, 0.6) is 5.75 Å². The van der Waals surface area contributed by atoms with Crippen molar-refractivity contribution in [3.63, 3.8) is 0 Å². The highest BCUT2D eigenvalue weighted by atomic mass is 16.5. The van der Waals surface area contributed by atoms with Crippen molar-refractivity contribution >= 4 is 11.9 Å². The highest BCUT2D eigenvalue weighted by Crippen LogP contribution is 2.50. The summed E-state index contributed by atoms with van der Waals surface area (Å²) in [6.45, 7) is 8.60. The zero-order valence-corrected chi connectivity index (χ0v) is 23.3. The fraction of sp³-hybridized carbons (Fsp3) is 0.515. The molecule has 1 heterocycles. The van der Waals surface area contributed by atoms with Gasteiger partial charge in [0.2, 0.25) is 5.91 Å². The minimum Gasteiger partial charge on any atom is -0.427 e. The first-order chi connectivity index (χ1) is 18.3. The van der Waals surface area contributed by atoms with Gasteiger partial charge in [0.25, 0.3) is 0 Å². The van der Waals surface area contributed by atoms with Gasteiger partial charge in [0.1, 0.15) is 5.75 Å². The fourth-order valence-electron chi connectivity index (χ4n) is 6.92. The van der Waals surface area contributed by atoms with Gasteiger partial charge < -0.3 is 14.5 Å². The van der Waals surface area contributed by atoms with Crippen molar-refractivity contribution in [2.45, 2.75) is 76.2 Å². The lowest BCUT2D eigenvalue weighted by Gasteiger charge is -2.55. The minimum atomic E-state index is -0.298. The Bertz CT molecular complexity index is 1100. The molecule has 0 radical (unpaired) electrons. The van der Waals surface area contributed by atoms with Gasteiger partial charge in [-0.3, -0.25) is 9.59 Å². The summed E-state index contributed by atoms with van der Waals surface area (Å²) in [5, 5.41) is 3.40. The van der Waals surface area contributed by atoms with Gasteiger partial charge in [-0.05, 0) is 67.9 Å². The molecule has 38 heavy (non-hydrogen) atoms. The van der Waals surface area contributed by atoms with Crippen molar-refractivity contribution in [2.75, 3.05) is 26.7 Å². The Morgan fingerprint density at radius 1 is 1.11 bits per heavy atom. The fourth-order valence-corrected chi connectivity index (χ4v) is 6.92. The number of quaternary nitrogens is 1. The average Bonchev–Trinajstić information content (AvgIpc) is 2.89. The van der Waals surface area contributed by atoms with Crippen molar-refractivity contribution < 1.29 is 18.8 Å². The molecular weight excluding hydrogens is 472 g/mol. The number of nitrogens with one attached hydrogen (secondary N) is 1. The summed E-state index contributed by atoms with van der Waals surface area (Å²) >= 11 is 0. The molecule has 1 amide bonds. The molecule has 2 aromatic rings. The predicted octanol–water partition coefficient (Wildman–Crippen LogP) is 5.97.